The maximum absolute atomic E-state index is 12.3. The first-order valence-electron chi connectivity index (χ1n) is 6.78. The van der Waals surface area contributed by atoms with Crippen LogP contribution in [0.1, 0.15) is 47.9 Å². The summed E-state index contributed by atoms with van der Waals surface area (Å²) in [6, 6.07) is 7.75. The maximum Gasteiger partial charge on any atom is 0.163 e. The van der Waals surface area contributed by atoms with Gasteiger partial charge in [0.1, 0.15) is 0 Å². The zero-order valence-corrected chi connectivity index (χ0v) is 11.7. The molecule has 0 bridgehead atoms. The highest BCUT2D eigenvalue weighted by Gasteiger charge is 2.41. The zero-order valence-electron chi connectivity index (χ0n) is 11.7. The monoisotopic (exact) mass is 270 g/mol. The van der Waals surface area contributed by atoms with E-state index >= 15 is 0 Å². The lowest BCUT2D eigenvalue weighted by Crippen LogP contribution is -2.36. The van der Waals surface area contributed by atoms with E-state index in [0.717, 1.165) is 16.8 Å². The van der Waals surface area contributed by atoms with Gasteiger partial charge in [0.05, 0.1) is 30.9 Å². The van der Waals surface area contributed by atoms with E-state index in [0.29, 0.717) is 6.42 Å². The number of hydrogen-bond donors (Lipinski definition) is 1. The molecule has 4 nitrogen and oxygen atoms in total. The molecule has 1 aliphatic carbocycles. The van der Waals surface area contributed by atoms with Gasteiger partial charge in [-0.1, -0.05) is 38.1 Å². The van der Waals surface area contributed by atoms with Crippen LogP contribution in [0.3, 0.4) is 0 Å². The Hall–Kier alpha value is -1.94. The van der Waals surface area contributed by atoms with Gasteiger partial charge in [-0.05, 0) is 11.0 Å². The van der Waals surface area contributed by atoms with E-state index in [-0.39, 0.29) is 23.8 Å². The molecular weight excluding hydrogens is 252 g/mol. The second-order valence-electron chi connectivity index (χ2n) is 6.03. The van der Waals surface area contributed by atoms with Crippen molar-refractivity contribution in [2.75, 3.05) is 0 Å². The molecule has 0 radical (unpaired) electrons. The third-order valence-electron chi connectivity index (χ3n) is 4.10. The van der Waals surface area contributed by atoms with Crippen LogP contribution >= 0.6 is 0 Å². The second kappa shape index (κ2) is 4.56. The first kappa shape index (κ1) is 13.1. The minimum absolute atomic E-state index is 0.0149. The van der Waals surface area contributed by atoms with Crippen molar-refractivity contribution >= 4 is 5.78 Å². The lowest BCUT2D eigenvalue weighted by atomic mass is 9.69. The number of hydrogen-bond acceptors (Lipinski definition) is 3. The van der Waals surface area contributed by atoms with E-state index in [2.05, 4.69) is 18.8 Å². The Kier molecular flexibility index (Phi) is 2.98. The number of ketones is 1. The first-order valence-corrected chi connectivity index (χ1v) is 6.78. The lowest BCUT2D eigenvalue weighted by Gasteiger charge is -2.40. The van der Waals surface area contributed by atoms with E-state index < -0.39 is 0 Å². The first-order chi connectivity index (χ1) is 9.54. The highest BCUT2D eigenvalue weighted by Crippen LogP contribution is 2.46. The molecule has 1 N–H and O–H groups in total. The van der Waals surface area contributed by atoms with Crippen LogP contribution in [0.4, 0.5) is 0 Å². The lowest BCUT2D eigenvalue weighted by molar-refractivity contribution is 0.0864. The molecule has 0 saturated carbocycles. The van der Waals surface area contributed by atoms with Crippen LogP contribution in [0, 0.1) is 5.41 Å². The fourth-order valence-corrected chi connectivity index (χ4v) is 3.23. The van der Waals surface area contributed by atoms with E-state index in [1.165, 1.54) is 0 Å². The zero-order chi connectivity index (χ0) is 14.3. The molecular formula is C16H18N2O2. The van der Waals surface area contributed by atoms with Crippen molar-refractivity contribution in [1.82, 2.24) is 9.55 Å². The molecule has 1 heterocycles. The van der Waals surface area contributed by atoms with Crippen LogP contribution in [0.15, 0.2) is 36.8 Å². The number of aliphatic hydroxyl groups excluding tert-OH is 1. The van der Waals surface area contributed by atoms with Crippen molar-refractivity contribution in [3.05, 3.63) is 53.6 Å². The van der Waals surface area contributed by atoms with Gasteiger partial charge < -0.3 is 9.67 Å². The van der Waals surface area contributed by atoms with E-state index in [9.17, 15) is 9.90 Å². The van der Waals surface area contributed by atoms with Crippen LogP contribution < -0.4 is 0 Å². The van der Waals surface area contributed by atoms with Crippen molar-refractivity contribution in [1.29, 1.82) is 0 Å². The van der Waals surface area contributed by atoms with Crippen LogP contribution in [0.5, 0.6) is 0 Å². The van der Waals surface area contributed by atoms with Gasteiger partial charge in [-0.25, -0.2) is 4.98 Å². The van der Waals surface area contributed by atoms with Gasteiger partial charge >= 0.3 is 0 Å². The number of aromatic nitrogens is 2. The van der Waals surface area contributed by atoms with Gasteiger partial charge in [0.15, 0.2) is 5.78 Å². The molecule has 20 heavy (non-hydrogen) atoms. The topological polar surface area (TPSA) is 55.1 Å². The summed E-state index contributed by atoms with van der Waals surface area (Å²) in [5.41, 5.74) is 2.36. The van der Waals surface area contributed by atoms with Gasteiger partial charge in [-0.3, -0.25) is 4.79 Å². The summed E-state index contributed by atoms with van der Waals surface area (Å²) in [5.74, 6) is 0.188. The summed E-state index contributed by atoms with van der Waals surface area (Å²) in [7, 11) is 0. The van der Waals surface area contributed by atoms with Gasteiger partial charge in [-0.15, -0.1) is 0 Å². The highest BCUT2D eigenvalue weighted by atomic mass is 16.3. The molecule has 1 aromatic heterocycles. The minimum atomic E-state index is -0.212. The van der Waals surface area contributed by atoms with Crippen LogP contribution in [0.2, 0.25) is 0 Å². The Morgan fingerprint density at radius 1 is 1.40 bits per heavy atom. The summed E-state index contributed by atoms with van der Waals surface area (Å²) < 4.78 is 1.99. The molecule has 1 atom stereocenters. The average molecular weight is 270 g/mol. The van der Waals surface area contributed by atoms with E-state index in [1.54, 1.807) is 12.5 Å². The number of fused-ring (bicyclic) bond motifs is 1. The SMILES string of the molecule is CC1(C)CC(=O)c2ccccc2[C@H]1n1cncc1CO. The largest absolute Gasteiger partial charge is 0.390 e. The van der Waals surface area contributed by atoms with Crippen molar-refractivity contribution in [3.63, 3.8) is 0 Å². The van der Waals surface area contributed by atoms with Gasteiger partial charge in [0.25, 0.3) is 0 Å². The maximum atomic E-state index is 12.3. The number of imidazole rings is 1. The molecule has 1 aliphatic rings. The third-order valence-corrected chi connectivity index (χ3v) is 4.10. The van der Waals surface area contributed by atoms with Crippen molar-refractivity contribution < 1.29 is 9.90 Å². The molecule has 0 amide bonds. The summed E-state index contributed by atoms with van der Waals surface area (Å²) >= 11 is 0. The van der Waals surface area contributed by atoms with Crippen LogP contribution in [-0.4, -0.2) is 20.4 Å². The summed E-state index contributed by atoms with van der Waals surface area (Å²) in [5, 5.41) is 9.48. The van der Waals surface area contributed by atoms with Gasteiger partial charge in [-0.2, -0.15) is 0 Å². The standard InChI is InChI=1S/C16H18N2O2/c1-16(2)7-14(20)12-5-3-4-6-13(12)15(16)18-10-17-8-11(18)9-19/h3-6,8,10,15,19H,7,9H2,1-2H3/t15-/m1/s1. The number of rotatable bonds is 2. The quantitative estimate of drug-likeness (QED) is 0.912. The van der Waals surface area contributed by atoms with E-state index in [4.69, 9.17) is 0 Å². The number of Topliss-reactive ketones (excluding diaryl/α,β-unsaturated/α-hetero) is 1. The fourth-order valence-electron chi connectivity index (χ4n) is 3.23. The smallest absolute Gasteiger partial charge is 0.163 e. The molecule has 1 aromatic carbocycles. The Morgan fingerprint density at radius 3 is 2.90 bits per heavy atom. The molecule has 104 valence electrons. The predicted octanol–water partition coefficient (Wildman–Crippen LogP) is 2.58. The summed E-state index contributed by atoms with van der Waals surface area (Å²) in [4.78, 5) is 16.4. The minimum Gasteiger partial charge on any atom is -0.390 e. The number of carbonyl (C=O) groups is 1. The van der Waals surface area contributed by atoms with E-state index in [1.807, 2.05) is 28.8 Å². The Bertz CT molecular complexity index is 658. The molecule has 3 rings (SSSR count). The molecule has 2 aromatic rings. The fraction of sp³-hybridized carbons (Fsp3) is 0.375. The summed E-state index contributed by atoms with van der Waals surface area (Å²) in [6.07, 6.45) is 3.91. The highest BCUT2D eigenvalue weighted by molar-refractivity contribution is 5.99. The average Bonchev–Trinajstić information content (AvgIpc) is 2.86. The Labute approximate surface area is 118 Å². The number of nitrogens with zero attached hydrogens (tertiary/aromatic N) is 2. The normalized spacial score (nSPS) is 20.8. The van der Waals surface area contributed by atoms with Gasteiger partial charge in [0.2, 0.25) is 0 Å². The third kappa shape index (κ3) is 1.88. The summed E-state index contributed by atoms with van der Waals surface area (Å²) in [6.45, 7) is 4.13. The molecule has 0 spiro atoms. The number of carbonyl (C=O) groups excluding carboxylic acids is 1. The Balaban J connectivity index is 2.22. The molecule has 0 unspecified atom stereocenters. The molecule has 4 heteroatoms. The number of aliphatic hydroxyl groups is 1. The van der Waals surface area contributed by atoms with Crippen molar-refractivity contribution in [3.8, 4) is 0 Å². The molecule has 0 saturated heterocycles. The molecule has 0 aliphatic heterocycles. The predicted molar refractivity (Wildman–Crippen MR) is 75.5 cm³/mol. The van der Waals surface area contributed by atoms with Crippen LogP contribution in [0.25, 0.3) is 0 Å². The van der Waals surface area contributed by atoms with Gasteiger partial charge in [0, 0.05) is 12.0 Å². The number of benzene rings is 1. The van der Waals surface area contributed by atoms with Crippen molar-refractivity contribution in [2.24, 2.45) is 5.41 Å². The molecule has 0 fully saturated rings. The van der Waals surface area contributed by atoms with Crippen LogP contribution in [-0.2, 0) is 6.61 Å². The second-order valence-corrected chi connectivity index (χ2v) is 6.03. The van der Waals surface area contributed by atoms with Crippen molar-refractivity contribution in [2.45, 2.75) is 32.9 Å². The Morgan fingerprint density at radius 2 is 2.15 bits per heavy atom.